The van der Waals surface area contributed by atoms with Gasteiger partial charge < -0.3 is 24.8 Å². The molecule has 5 nitrogen and oxygen atoms in total. The molecule has 148 valence electrons. The first-order valence-electron chi connectivity index (χ1n) is 10.1. The normalized spacial score (nSPS) is 53.2. The maximum Gasteiger partial charge on any atom is 0.198 e. The molecule has 0 aromatic rings. The minimum Gasteiger partial charge on any atom is -0.396 e. The topological polar surface area (TPSA) is 79.2 Å². The molecule has 3 N–H and O–H groups in total. The second-order valence-corrected chi connectivity index (χ2v) is 9.86. The average Bonchev–Trinajstić information content (AvgIpc) is 3.01. The Kier molecular flexibility index (Phi) is 4.19. The van der Waals surface area contributed by atoms with Crippen molar-refractivity contribution in [1.82, 2.24) is 0 Å². The number of hydrogen-bond donors (Lipinski definition) is 3. The molecule has 0 radical (unpaired) electrons. The molecule has 0 aromatic heterocycles. The lowest BCUT2D eigenvalue weighted by molar-refractivity contribution is -0.328. The van der Waals surface area contributed by atoms with E-state index in [0.29, 0.717) is 5.92 Å². The van der Waals surface area contributed by atoms with Gasteiger partial charge in [-0.1, -0.05) is 33.3 Å². The van der Waals surface area contributed by atoms with Crippen molar-refractivity contribution in [2.75, 3.05) is 13.7 Å². The first kappa shape index (κ1) is 18.9. The molecule has 26 heavy (non-hydrogen) atoms. The smallest absolute Gasteiger partial charge is 0.198 e. The largest absolute Gasteiger partial charge is 0.396 e. The van der Waals surface area contributed by atoms with Crippen molar-refractivity contribution in [1.29, 1.82) is 0 Å². The van der Waals surface area contributed by atoms with Gasteiger partial charge in [0.1, 0.15) is 6.10 Å². The molecule has 0 amide bonds. The third-order valence-corrected chi connectivity index (χ3v) is 8.28. The van der Waals surface area contributed by atoms with Gasteiger partial charge >= 0.3 is 0 Å². The monoisotopic (exact) mass is 366 g/mol. The fourth-order valence-corrected chi connectivity index (χ4v) is 6.76. The van der Waals surface area contributed by atoms with Crippen LogP contribution in [0.2, 0.25) is 0 Å². The van der Waals surface area contributed by atoms with E-state index in [1.54, 1.807) is 7.11 Å². The molecule has 4 aliphatic rings. The van der Waals surface area contributed by atoms with Gasteiger partial charge in [0.2, 0.25) is 0 Å². The van der Waals surface area contributed by atoms with E-state index in [2.05, 4.69) is 27.7 Å². The van der Waals surface area contributed by atoms with Crippen LogP contribution in [0.25, 0.3) is 0 Å². The summed E-state index contributed by atoms with van der Waals surface area (Å²) in [6.07, 6.45) is 2.29. The van der Waals surface area contributed by atoms with E-state index in [1.165, 1.54) is 11.1 Å². The first-order valence-corrected chi connectivity index (χ1v) is 10.1. The zero-order valence-electron chi connectivity index (χ0n) is 16.7. The van der Waals surface area contributed by atoms with Crippen molar-refractivity contribution in [3.63, 3.8) is 0 Å². The number of rotatable bonds is 3. The maximum absolute atomic E-state index is 11.5. The van der Waals surface area contributed by atoms with Crippen molar-refractivity contribution in [2.24, 2.45) is 28.6 Å². The Labute approximate surface area is 156 Å². The van der Waals surface area contributed by atoms with Gasteiger partial charge in [-0.05, 0) is 48.5 Å². The van der Waals surface area contributed by atoms with E-state index in [0.717, 1.165) is 25.7 Å². The summed E-state index contributed by atoms with van der Waals surface area (Å²) in [7, 11) is 1.79. The van der Waals surface area contributed by atoms with Crippen LogP contribution in [-0.4, -0.2) is 53.1 Å². The molecule has 5 heteroatoms. The summed E-state index contributed by atoms with van der Waals surface area (Å²) in [5.74, 6) is -1.48. The molecule has 1 saturated carbocycles. The molecule has 2 aliphatic carbocycles. The van der Waals surface area contributed by atoms with Crippen LogP contribution in [0.3, 0.4) is 0 Å². The van der Waals surface area contributed by atoms with Gasteiger partial charge in [0, 0.05) is 18.4 Å². The molecule has 2 heterocycles. The van der Waals surface area contributed by atoms with Crippen LogP contribution in [-0.2, 0) is 9.47 Å². The lowest BCUT2D eigenvalue weighted by Crippen LogP contribution is -2.62. The highest BCUT2D eigenvalue weighted by molar-refractivity contribution is 5.40. The van der Waals surface area contributed by atoms with Crippen molar-refractivity contribution in [2.45, 2.75) is 77.5 Å². The average molecular weight is 366 g/mol. The molecule has 0 aromatic carbocycles. The molecule has 0 spiro atoms. The minimum absolute atomic E-state index is 0.0806. The molecule has 0 unspecified atom stereocenters. The summed E-state index contributed by atoms with van der Waals surface area (Å²) >= 11 is 0. The van der Waals surface area contributed by atoms with E-state index >= 15 is 0 Å². The van der Waals surface area contributed by atoms with Gasteiger partial charge in [-0.25, -0.2) is 0 Å². The van der Waals surface area contributed by atoms with E-state index in [9.17, 15) is 15.3 Å². The van der Waals surface area contributed by atoms with Crippen LogP contribution >= 0.6 is 0 Å². The predicted molar refractivity (Wildman–Crippen MR) is 97.2 cm³/mol. The first-order chi connectivity index (χ1) is 12.1. The summed E-state index contributed by atoms with van der Waals surface area (Å²) in [5, 5.41) is 32.1. The van der Waals surface area contributed by atoms with E-state index < -0.39 is 23.2 Å². The molecule has 2 saturated heterocycles. The summed E-state index contributed by atoms with van der Waals surface area (Å²) < 4.78 is 11.9. The standard InChI is InChI=1S/C21H34O5/c1-11(2)16-15(25-5)9-19(3)6-7-20(4)13(17(16)19)8-14-12(10-22)18(23)21(20,24)26-14/h11-15,18,22-24H,6-10H2,1-5H3/t12-,13-,14-,15-,18-,19+,20-,21-/m1/s1. The van der Waals surface area contributed by atoms with Crippen LogP contribution in [0.1, 0.15) is 53.4 Å². The van der Waals surface area contributed by atoms with Crippen LogP contribution in [0.4, 0.5) is 0 Å². The Balaban J connectivity index is 1.87. The van der Waals surface area contributed by atoms with E-state index in [-0.39, 0.29) is 30.1 Å². The Morgan fingerprint density at radius 3 is 2.54 bits per heavy atom. The van der Waals surface area contributed by atoms with Crippen LogP contribution in [0.15, 0.2) is 11.1 Å². The second-order valence-electron chi connectivity index (χ2n) is 9.86. The van der Waals surface area contributed by atoms with E-state index in [4.69, 9.17) is 9.47 Å². The Morgan fingerprint density at radius 2 is 1.96 bits per heavy atom. The Hall–Kier alpha value is -0.460. The summed E-state index contributed by atoms with van der Waals surface area (Å²) in [5.41, 5.74) is 2.35. The highest BCUT2D eigenvalue weighted by Crippen LogP contribution is 2.68. The second kappa shape index (κ2) is 5.77. The highest BCUT2D eigenvalue weighted by Gasteiger charge is 2.71. The molecule has 8 atom stereocenters. The lowest BCUT2D eigenvalue weighted by Gasteiger charge is -2.58. The van der Waals surface area contributed by atoms with Crippen molar-refractivity contribution < 1.29 is 24.8 Å². The number of hydrogen-bond acceptors (Lipinski definition) is 5. The van der Waals surface area contributed by atoms with Crippen molar-refractivity contribution >= 4 is 0 Å². The quantitative estimate of drug-likeness (QED) is 0.668. The zero-order chi connectivity index (χ0) is 19.1. The predicted octanol–water partition coefficient (Wildman–Crippen LogP) is 2.24. The highest BCUT2D eigenvalue weighted by atomic mass is 16.7. The summed E-state index contributed by atoms with van der Waals surface area (Å²) in [6.45, 7) is 8.69. The van der Waals surface area contributed by atoms with Gasteiger partial charge in [-0.2, -0.15) is 0 Å². The fraction of sp³-hybridized carbons (Fsp3) is 0.905. The number of fused-ring (bicyclic) bond motifs is 6. The zero-order valence-corrected chi connectivity index (χ0v) is 16.7. The van der Waals surface area contributed by atoms with Crippen molar-refractivity contribution in [3.05, 3.63) is 11.1 Å². The fourth-order valence-electron chi connectivity index (χ4n) is 6.76. The van der Waals surface area contributed by atoms with Gasteiger partial charge in [0.05, 0.1) is 18.8 Å². The SMILES string of the molecule is CO[C@@H]1C[C@]2(C)CC[C@]3(C)[C@H](C[C@H]4O[C@]3(O)[C@H](O)[C@@H]4CO)C2=C1C(C)C. The molecule has 3 fully saturated rings. The lowest BCUT2D eigenvalue weighted by atomic mass is 9.52. The minimum atomic E-state index is -1.59. The van der Waals surface area contributed by atoms with Gasteiger partial charge in [0.25, 0.3) is 0 Å². The van der Waals surface area contributed by atoms with Crippen LogP contribution in [0.5, 0.6) is 0 Å². The van der Waals surface area contributed by atoms with Crippen LogP contribution in [0, 0.1) is 28.6 Å². The third kappa shape index (κ3) is 2.10. The molecule has 4 rings (SSSR count). The van der Waals surface area contributed by atoms with Gasteiger partial charge in [0.15, 0.2) is 5.79 Å². The third-order valence-electron chi connectivity index (χ3n) is 8.28. The Morgan fingerprint density at radius 1 is 1.27 bits per heavy atom. The summed E-state index contributed by atoms with van der Waals surface area (Å²) in [4.78, 5) is 0. The summed E-state index contributed by atoms with van der Waals surface area (Å²) in [6, 6.07) is 0. The molecular formula is C21H34O5. The van der Waals surface area contributed by atoms with Crippen molar-refractivity contribution in [3.8, 4) is 0 Å². The number of allylic oxidation sites excluding steroid dienone is 1. The maximum atomic E-state index is 11.5. The van der Waals surface area contributed by atoms with Crippen LogP contribution < -0.4 is 0 Å². The number of methoxy groups -OCH3 is 1. The Bertz CT molecular complexity index is 630. The number of ether oxygens (including phenoxy) is 2. The van der Waals surface area contributed by atoms with Gasteiger partial charge in [-0.15, -0.1) is 0 Å². The molecule has 2 aliphatic heterocycles. The molecular weight excluding hydrogens is 332 g/mol. The van der Waals surface area contributed by atoms with E-state index in [1.807, 2.05) is 0 Å². The molecule has 2 bridgehead atoms. The number of aliphatic hydroxyl groups excluding tert-OH is 2. The van der Waals surface area contributed by atoms with Gasteiger partial charge in [-0.3, -0.25) is 0 Å². The number of aliphatic hydroxyl groups is 3.